The molecule has 0 amide bonds. The van der Waals surface area contributed by atoms with Crippen LogP contribution in [0.4, 0.5) is 0 Å². The summed E-state index contributed by atoms with van der Waals surface area (Å²) in [5.41, 5.74) is 2.58. The molecule has 0 heterocycles. The van der Waals surface area contributed by atoms with Crippen molar-refractivity contribution in [2.75, 3.05) is 13.7 Å². The summed E-state index contributed by atoms with van der Waals surface area (Å²) in [6.07, 6.45) is 1.85. The number of ether oxygens (including phenoxy) is 1. The summed E-state index contributed by atoms with van der Waals surface area (Å²) in [5, 5.41) is 13.3. The summed E-state index contributed by atoms with van der Waals surface area (Å²) in [6.45, 7) is -0.0416. The minimum absolute atomic E-state index is 0.0416. The van der Waals surface area contributed by atoms with Crippen LogP contribution in [0, 0.1) is 0 Å². The van der Waals surface area contributed by atoms with E-state index in [-0.39, 0.29) is 6.61 Å². The van der Waals surface area contributed by atoms with Crippen LogP contribution >= 0.6 is 0 Å². The van der Waals surface area contributed by atoms with E-state index in [1.165, 1.54) is 7.11 Å². The SMILES string of the molecule is CO/N=C/CC[C@H](O)COC(=O)c1ccc(-c2ccccc2)cc1. The van der Waals surface area contributed by atoms with Gasteiger partial charge in [-0.25, -0.2) is 4.79 Å². The monoisotopic (exact) mass is 327 g/mol. The maximum atomic E-state index is 12.0. The number of oxime groups is 1. The molecule has 0 radical (unpaired) electrons. The molecule has 1 N–H and O–H groups in total. The summed E-state index contributed by atoms with van der Waals surface area (Å²) < 4.78 is 5.13. The molecule has 0 aromatic heterocycles. The third-order valence-electron chi connectivity index (χ3n) is 3.44. The van der Waals surface area contributed by atoms with Crippen molar-refractivity contribution in [2.24, 2.45) is 5.16 Å². The molecule has 0 saturated heterocycles. The van der Waals surface area contributed by atoms with Crippen LogP contribution in [0.3, 0.4) is 0 Å². The molecule has 24 heavy (non-hydrogen) atoms. The number of carbonyl (C=O) groups is 1. The van der Waals surface area contributed by atoms with Gasteiger partial charge in [0.1, 0.15) is 13.7 Å². The van der Waals surface area contributed by atoms with Gasteiger partial charge in [-0.3, -0.25) is 0 Å². The van der Waals surface area contributed by atoms with E-state index in [9.17, 15) is 9.90 Å². The van der Waals surface area contributed by atoms with Gasteiger partial charge in [0.05, 0.1) is 11.7 Å². The predicted octanol–water partition coefficient (Wildman–Crippen LogP) is 3.28. The summed E-state index contributed by atoms with van der Waals surface area (Å²) in [6, 6.07) is 17.1. The summed E-state index contributed by atoms with van der Waals surface area (Å²) in [4.78, 5) is 16.5. The van der Waals surface area contributed by atoms with Crippen LogP contribution in [-0.2, 0) is 9.57 Å². The Bertz CT molecular complexity index is 653. The zero-order valence-corrected chi connectivity index (χ0v) is 13.6. The smallest absolute Gasteiger partial charge is 0.338 e. The minimum Gasteiger partial charge on any atom is -0.459 e. The lowest BCUT2D eigenvalue weighted by Crippen LogP contribution is -2.18. The van der Waals surface area contributed by atoms with Crippen molar-refractivity contribution in [2.45, 2.75) is 18.9 Å². The van der Waals surface area contributed by atoms with E-state index in [0.29, 0.717) is 18.4 Å². The second-order valence-corrected chi connectivity index (χ2v) is 5.24. The maximum Gasteiger partial charge on any atom is 0.338 e. The molecule has 5 heteroatoms. The number of carbonyl (C=O) groups excluding carboxylic acids is 1. The van der Waals surface area contributed by atoms with Crippen molar-refractivity contribution in [3.8, 4) is 11.1 Å². The first-order chi connectivity index (χ1) is 11.7. The number of hydrogen-bond donors (Lipinski definition) is 1. The zero-order valence-electron chi connectivity index (χ0n) is 13.6. The first kappa shape index (κ1) is 17.7. The van der Waals surface area contributed by atoms with E-state index in [1.807, 2.05) is 42.5 Å². The average molecular weight is 327 g/mol. The second-order valence-electron chi connectivity index (χ2n) is 5.24. The first-order valence-corrected chi connectivity index (χ1v) is 7.76. The largest absolute Gasteiger partial charge is 0.459 e. The first-order valence-electron chi connectivity index (χ1n) is 7.76. The molecule has 2 rings (SSSR count). The van der Waals surface area contributed by atoms with Crippen LogP contribution in [0.15, 0.2) is 59.8 Å². The highest BCUT2D eigenvalue weighted by atomic mass is 16.6. The Hall–Kier alpha value is -2.66. The highest BCUT2D eigenvalue weighted by Crippen LogP contribution is 2.19. The number of benzene rings is 2. The van der Waals surface area contributed by atoms with Crippen LogP contribution in [0.2, 0.25) is 0 Å². The van der Waals surface area contributed by atoms with Gasteiger partial charge in [-0.2, -0.15) is 0 Å². The van der Waals surface area contributed by atoms with E-state index in [4.69, 9.17) is 4.74 Å². The molecule has 126 valence electrons. The number of hydrogen-bond acceptors (Lipinski definition) is 5. The van der Waals surface area contributed by atoms with Gasteiger partial charge < -0.3 is 14.7 Å². The van der Waals surface area contributed by atoms with Crippen LogP contribution < -0.4 is 0 Å². The van der Waals surface area contributed by atoms with E-state index in [1.54, 1.807) is 18.3 Å². The van der Waals surface area contributed by atoms with Crippen molar-refractivity contribution >= 4 is 12.2 Å². The molecule has 0 unspecified atom stereocenters. The molecule has 0 saturated carbocycles. The van der Waals surface area contributed by atoms with E-state index in [0.717, 1.165) is 11.1 Å². The zero-order chi connectivity index (χ0) is 17.2. The lowest BCUT2D eigenvalue weighted by molar-refractivity contribution is 0.0244. The van der Waals surface area contributed by atoms with Crippen LogP contribution in [0.25, 0.3) is 11.1 Å². The highest BCUT2D eigenvalue weighted by Gasteiger charge is 2.11. The van der Waals surface area contributed by atoms with Crippen LogP contribution in [-0.4, -0.2) is 37.1 Å². The van der Waals surface area contributed by atoms with Gasteiger partial charge in [-0.15, -0.1) is 0 Å². The normalized spacial score (nSPS) is 12.1. The van der Waals surface area contributed by atoms with Gasteiger partial charge >= 0.3 is 5.97 Å². The third kappa shape index (κ3) is 5.52. The molecule has 0 spiro atoms. The molecule has 2 aromatic carbocycles. The van der Waals surface area contributed by atoms with Crippen molar-refractivity contribution in [3.63, 3.8) is 0 Å². The number of aliphatic hydroxyl groups is 1. The Kier molecular flexibility index (Phi) is 6.98. The molecule has 0 bridgehead atoms. The summed E-state index contributed by atoms with van der Waals surface area (Å²) in [7, 11) is 1.46. The second kappa shape index (κ2) is 9.47. The van der Waals surface area contributed by atoms with E-state index >= 15 is 0 Å². The Morgan fingerprint density at radius 1 is 1.12 bits per heavy atom. The minimum atomic E-state index is -0.721. The Balaban J connectivity index is 1.83. The summed E-state index contributed by atoms with van der Waals surface area (Å²) in [5.74, 6) is -0.445. The number of nitrogens with zero attached hydrogens (tertiary/aromatic N) is 1. The van der Waals surface area contributed by atoms with Gasteiger partial charge in [0.2, 0.25) is 0 Å². The average Bonchev–Trinajstić information content (AvgIpc) is 2.64. The molecular formula is C19H21NO4. The lowest BCUT2D eigenvalue weighted by atomic mass is 10.0. The fourth-order valence-corrected chi connectivity index (χ4v) is 2.16. The molecule has 0 aliphatic heterocycles. The van der Waals surface area contributed by atoms with Gasteiger partial charge in [0, 0.05) is 6.21 Å². The van der Waals surface area contributed by atoms with E-state index in [2.05, 4.69) is 9.99 Å². The molecule has 2 aromatic rings. The molecule has 1 atom stereocenters. The molecule has 5 nitrogen and oxygen atoms in total. The standard InChI is InChI=1S/C19H21NO4/c1-23-20-13-5-8-18(21)14-24-19(22)17-11-9-16(10-12-17)15-6-3-2-4-7-15/h2-4,6-7,9-13,18,21H,5,8,14H2,1H3/b20-13+/t18-/m0/s1. The maximum absolute atomic E-state index is 12.0. The molecule has 0 aliphatic carbocycles. The molecular weight excluding hydrogens is 306 g/mol. The van der Waals surface area contributed by atoms with Crippen molar-refractivity contribution in [3.05, 3.63) is 60.2 Å². The number of rotatable bonds is 8. The van der Waals surface area contributed by atoms with Gasteiger partial charge in [0.15, 0.2) is 0 Å². The lowest BCUT2D eigenvalue weighted by Gasteiger charge is -2.10. The fourth-order valence-electron chi connectivity index (χ4n) is 2.16. The Labute approximate surface area is 141 Å². The van der Waals surface area contributed by atoms with Crippen molar-refractivity contribution in [1.82, 2.24) is 0 Å². The topological polar surface area (TPSA) is 68.1 Å². The predicted molar refractivity (Wildman–Crippen MR) is 92.9 cm³/mol. The van der Waals surface area contributed by atoms with Gasteiger partial charge in [-0.05, 0) is 36.1 Å². The fraction of sp³-hybridized carbons (Fsp3) is 0.263. The van der Waals surface area contributed by atoms with Crippen molar-refractivity contribution < 1.29 is 19.5 Å². The Morgan fingerprint density at radius 2 is 1.79 bits per heavy atom. The third-order valence-corrected chi connectivity index (χ3v) is 3.44. The van der Waals surface area contributed by atoms with Crippen LogP contribution in [0.5, 0.6) is 0 Å². The summed E-state index contributed by atoms with van der Waals surface area (Å²) >= 11 is 0. The van der Waals surface area contributed by atoms with Crippen LogP contribution in [0.1, 0.15) is 23.2 Å². The van der Waals surface area contributed by atoms with Gasteiger partial charge in [-0.1, -0.05) is 47.6 Å². The molecule has 0 aliphatic rings. The quantitative estimate of drug-likeness (QED) is 0.459. The Morgan fingerprint density at radius 3 is 2.46 bits per heavy atom. The number of esters is 1. The van der Waals surface area contributed by atoms with Gasteiger partial charge in [0.25, 0.3) is 0 Å². The highest BCUT2D eigenvalue weighted by molar-refractivity contribution is 5.90. The number of aliphatic hydroxyl groups excluding tert-OH is 1. The van der Waals surface area contributed by atoms with E-state index < -0.39 is 12.1 Å². The molecule has 0 fully saturated rings. The van der Waals surface area contributed by atoms with Crippen molar-refractivity contribution in [1.29, 1.82) is 0 Å².